The summed E-state index contributed by atoms with van der Waals surface area (Å²) in [7, 11) is -2.99. The molecule has 1 heterocycles. The van der Waals surface area contributed by atoms with Crippen LogP contribution in [0, 0.1) is 0 Å². The van der Waals surface area contributed by atoms with E-state index < -0.39 is 9.84 Å². The van der Waals surface area contributed by atoms with Crippen LogP contribution in [0.5, 0.6) is 0 Å². The Balaban J connectivity index is 1.87. The average Bonchev–Trinajstić information content (AvgIpc) is 2.45. The molecule has 2 rings (SSSR count). The van der Waals surface area contributed by atoms with Crippen LogP contribution in [0.2, 0.25) is 0 Å². The van der Waals surface area contributed by atoms with Crippen molar-refractivity contribution >= 4 is 21.6 Å². The predicted octanol–water partition coefficient (Wildman–Crippen LogP) is 1.72. The normalized spacial score (nSPS) is 28.4. The van der Waals surface area contributed by atoms with Crippen LogP contribution in [0.4, 0.5) is 0 Å². The first-order valence-corrected chi connectivity index (χ1v) is 10.8. The monoisotopic (exact) mass is 320 g/mol. The molecule has 1 N–H and O–H groups in total. The number of thioether (sulfide) groups is 1. The molecular weight excluding hydrogens is 292 g/mol. The molecule has 2 atom stereocenters. The summed E-state index contributed by atoms with van der Waals surface area (Å²) in [6.07, 6.45) is 7.96. The van der Waals surface area contributed by atoms with E-state index in [0.717, 1.165) is 18.8 Å². The molecule has 1 aliphatic carbocycles. The Bertz CT molecular complexity index is 394. The lowest BCUT2D eigenvalue weighted by Crippen LogP contribution is -2.54. The van der Waals surface area contributed by atoms with Gasteiger partial charge in [0.15, 0.2) is 9.84 Å². The van der Waals surface area contributed by atoms with Gasteiger partial charge >= 0.3 is 0 Å². The summed E-state index contributed by atoms with van der Waals surface area (Å²) >= 11 is 1.76. The van der Waals surface area contributed by atoms with Gasteiger partial charge in [0.25, 0.3) is 0 Å². The Labute approximate surface area is 128 Å². The van der Waals surface area contributed by atoms with E-state index in [4.69, 9.17) is 0 Å². The zero-order valence-electron chi connectivity index (χ0n) is 12.7. The van der Waals surface area contributed by atoms with Gasteiger partial charge in [-0.3, -0.25) is 4.90 Å². The highest BCUT2D eigenvalue weighted by Crippen LogP contribution is 2.23. The minimum atomic E-state index is -2.99. The van der Waals surface area contributed by atoms with Crippen molar-refractivity contribution in [3.63, 3.8) is 0 Å². The lowest BCUT2D eigenvalue weighted by atomic mass is 9.95. The van der Waals surface area contributed by atoms with Gasteiger partial charge in [0, 0.05) is 42.9 Å². The van der Waals surface area contributed by atoms with E-state index in [9.17, 15) is 8.42 Å². The number of hydrogen-bond acceptors (Lipinski definition) is 5. The van der Waals surface area contributed by atoms with Crippen LogP contribution < -0.4 is 5.32 Å². The second-order valence-electron chi connectivity index (χ2n) is 6.19. The Morgan fingerprint density at radius 3 is 2.65 bits per heavy atom. The van der Waals surface area contributed by atoms with Gasteiger partial charge in [0.1, 0.15) is 5.37 Å². The van der Waals surface area contributed by atoms with Crippen LogP contribution >= 0.6 is 11.8 Å². The van der Waals surface area contributed by atoms with Crippen LogP contribution in [-0.2, 0) is 9.84 Å². The van der Waals surface area contributed by atoms with Crippen molar-refractivity contribution in [2.24, 2.45) is 0 Å². The Hall–Kier alpha value is 0.220. The van der Waals surface area contributed by atoms with Gasteiger partial charge in [-0.05, 0) is 19.8 Å². The molecule has 0 radical (unpaired) electrons. The summed E-state index contributed by atoms with van der Waals surface area (Å²) in [4.78, 5) is 2.18. The maximum Gasteiger partial charge on any atom is 0.164 e. The summed E-state index contributed by atoms with van der Waals surface area (Å²) in [5.41, 5.74) is 0. The van der Waals surface area contributed by atoms with Crippen molar-refractivity contribution in [1.82, 2.24) is 10.2 Å². The zero-order valence-corrected chi connectivity index (χ0v) is 14.3. The van der Waals surface area contributed by atoms with Crippen molar-refractivity contribution in [2.45, 2.75) is 56.5 Å². The molecular formula is C14H28N2O2S2. The fourth-order valence-corrected chi connectivity index (χ4v) is 6.21. The average molecular weight is 321 g/mol. The highest BCUT2D eigenvalue weighted by Gasteiger charge is 2.33. The van der Waals surface area contributed by atoms with Crippen LogP contribution in [0.3, 0.4) is 0 Å². The van der Waals surface area contributed by atoms with Crippen LogP contribution in [0.25, 0.3) is 0 Å². The van der Waals surface area contributed by atoms with Crippen molar-refractivity contribution < 1.29 is 8.42 Å². The third-order valence-corrected chi connectivity index (χ3v) is 7.15. The maximum absolute atomic E-state index is 11.9. The quantitative estimate of drug-likeness (QED) is 0.836. The molecule has 1 saturated carbocycles. The summed E-state index contributed by atoms with van der Waals surface area (Å²) < 4.78 is 23.9. The first-order valence-electron chi connectivity index (χ1n) is 7.74. The second kappa shape index (κ2) is 7.47. The first kappa shape index (κ1) is 16.6. The molecule has 1 saturated heterocycles. The van der Waals surface area contributed by atoms with Crippen molar-refractivity contribution in [2.75, 3.05) is 30.9 Å². The molecule has 0 bridgehead atoms. The van der Waals surface area contributed by atoms with Crippen molar-refractivity contribution in [3.05, 3.63) is 0 Å². The molecule has 20 heavy (non-hydrogen) atoms. The Morgan fingerprint density at radius 2 is 2.00 bits per heavy atom. The van der Waals surface area contributed by atoms with Gasteiger partial charge in [-0.25, -0.2) is 8.42 Å². The minimum Gasteiger partial charge on any atom is -0.312 e. The van der Waals surface area contributed by atoms with Gasteiger partial charge < -0.3 is 5.32 Å². The Kier molecular flexibility index (Phi) is 6.20. The number of sulfone groups is 1. The van der Waals surface area contributed by atoms with E-state index in [2.05, 4.69) is 17.1 Å². The third-order valence-electron chi connectivity index (χ3n) is 4.49. The van der Waals surface area contributed by atoms with E-state index in [1.165, 1.54) is 38.4 Å². The number of nitrogens with one attached hydrogen (secondary N) is 1. The summed E-state index contributed by atoms with van der Waals surface area (Å²) in [6.45, 7) is 3.95. The maximum atomic E-state index is 11.9. The largest absolute Gasteiger partial charge is 0.312 e. The lowest BCUT2D eigenvalue weighted by Gasteiger charge is -2.39. The molecule has 6 heteroatoms. The molecule has 4 nitrogen and oxygen atoms in total. The second-order valence-corrected chi connectivity index (χ2v) is 9.54. The molecule has 1 aliphatic heterocycles. The summed E-state index contributed by atoms with van der Waals surface area (Å²) in [5, 5.41) is 3.35. The minimum absolute atomic E-state index is 0.289. The SMILES string of the molecule is CC(CNC1CCCCC1)N1CCSCC1S(C)(=O)=O. The highest BCUT2D eigenvalue weighted by atomic mass is 32.2. The highest BCUT2D eigenvalue weighted by molar-refractivity contribution is 8.00. The van der Waals surface area contributed by atoms with Crippen LogP contribution in [0.1, 0.15) is 39.0 Å². The van der Waals surface area contributed by atoms with Crippen LogP contribution in [0.15, 0.2) is 0 Å². The van der Waals surface area contributed by atoms with Crippen LogP contribution in [-0.4, -0.2) is 61.6 Å². The van der Waals surface area contributed by atoms with E-state index in [-0.39, 0.29) is 11.4 Å². The summed E-state index contributed by atoms with van der Waals surface area (Å²) in [6, 6.07) is 0.930. The topological polar surface area (TPSA) is 49.4 Å². The molecule has 2 aliphatic rings. The molecule has 0 spiro atoms. The molecule has 0 aromatic carbocycles. The first-order chi connectivity index (χ1) is 9.48. The lowest BCUT2D eigenvalue weighted by molar-refractivity contribution is 0.192. The third kappa shape index (κ3) is 4.61. The fraction of sp³-hybridized carbons (Fsp3) is 1.00. The molecule has 118 valence electrons. The van der Waals surface area contributed by atoms with Gasteiger partial charge in [-0.15, -0.1) is 0 Å². The standard InChI is InChI=1S/C14H28N2O2S2/c1-12(10-15-13-6-4-3-5-7-13)16-8-9-19-11-14(16)20(2,17)18/h12-15H,3-11H2,1-2H3. The van der Waals surface area contributed by atoms with Crippen molar-refractivity contribution in [1.29, 1.82) is 0 Å². The number of rotatable bonds is 5. The zero-order chi connectivity index (χ0) is 14.6. The van der Waals surface area contributed by atoms with Gasteiger partial charge in [0.2, 0.25) is 0 Å². The smallest absolute Gasteiger partial charge is 0.164 e. The predicted molar refractivity (Wildman–Crippen MR) is 87.0 cm³/mol. The number of nitrogens with zero attached hydrogens (tertiary/aromatic N) is 1. The Morgan fingerprint density at radius 1 is 1.30 bits per heavy atom. The van der Waals surface area contributed by atoms with Gasteiger partial charge in [-0.1, -0.05) is 19.3 Å². The molecule has 0 amide bonds. The molecule has 0 aromatic heterocycles. The van der Waals surface area contributed by atoms with E-state index >= 15 is 0 Å². The van der Waals surface area contributed by atoms with E-state index in [0.29, 0.717) is 11.8 Å². The molecule has 2 fully saturated rings. The molecule has 2 unspecified atom stereocenters. The van der Waals surface area contributed by atoms with E-state index in [1.54, 1.807) is 11.8 Å². The number of hydrogen-bond donors (Lipinski definition) is 1. The summed E-state index contributed by atoms with van der Waals surface area (Å²) in [5.74, 6) is 1.76. The fourth-order valence-electron chi connectivity index (χ4n) is 3.23. The molecule has 0 aromatic rings. The van der Waals surface area contributed by atoms with Crippen molar-refractivity contribution in [3.8, 4) is 0 Å². The van der Waals surface area contributed by atoms with Gasteiger partial charge in [-0.2, -0.15) is 11.8 Å². The van der Waals surface area contributed by atoms with E-state index in [1.807, 2.05) is 0 Å². The van der Waals surface area contributed by atoms with Gasteiger partial charge in [0.05, 0.1) is 0 Å².